The van der Waals surface area contributed by atoms with E-state index in [-0.39, 0.29) is 5.84 Å². The van der Waals surface area contributed by atoms with Crippen LogP contribution in [-0.4, -0.2) is 24.1 Å². The van der Waals surface area contributed by atoms with Gasteiger partial charge in [0.1, 0.15) is 0 Å². The molecule has 0 bridgehead atoms. The summed E-state index contributed by atoms with van der Waals surface area (Å²) in [7, 11) is 0. The van der Waals surface area contributed by atoms with E-state index in [4.69, 9.17) is 10.9 Å². The largest absolute Gasteiger partial charge is 0.409 e. The van der Waals surface area contributed by atoms with E-state index in [2.05, 4.69) is 23.0 Å². The number of anilines is 1. The highest BCUT2D eigenvalue weighted by Gasteiger charge is 2.32. The van der Waals surface area contributed by atoms with E-state index in [9.17, 15) is 0 Å². The minimum atomic E-state index is 0.208. The van der Waals surface area contributed by atoms with Gasteiger partial charge in [-0.1, -0.05) is 36.6 Å². The molecule has 1 aromatic rings. The van der Waals surface area contributed by atoms with Crippen molar-refractivity contribution in [2.45, 2.75) is 39.0 Å². The molecule has 1 heterocycles. The Morgan fingerprint density at radius 3 is 2.76 bits per heavy atom. The molecule has 0 amide bonds. The van der Waals surface area contributed by atoms with Gasteiger partial charge in [0.15, 0.2) is 5.84 Å². The lowest BCUT2D eigenvalue weighted by Gasteiger charge is -2.43. The second-order valence-corrected chi connectivity index (χ2v) is 6.50. The molecule has 2 unspecified atom stereocenters. The van der Waals surface area contributed by atoms with E-state index < -0.39 is 0 Å². The number of para-hydroxylation sites is 1. The van der Waals surface area contributed by atoms with Crippen molar-refractivity contribution < 1.29 is 5.21 Å². The summed E-state index contributed by atoms with van der Waals surface area (Å²) in [5.74, 6) is 1.93. The zero-order chi connectivity index (χ0) is 14.8. The van der Waals surface area contributed by atoms with Gasteiger partial charge in [-0.05, 0) is 43.2 Å². The molecule has 2 atom stereocenters. The molecule has 1 saturated carbocycles. The van der Waals surface area contributed by atoms with E-state index in [0.717, 1.165) is 36.2 Å². The number of nitrogens with two attached hydrogens (primary N) is 1. The Kier molecular flexibility index (Phi) is 4.04. The van der Waals surface area contributed by atoms with Crippen LogP contribution in [0.1, 0.15) is 43.2 Å². The van der Waals surface area contributed by atoms with E-state index in [1.54, 1.807) is 0 Å². The minimum absolute atomic E-state index is 0.208. The standard InChI is InChI=1S/C17H25N3O/c1-12-5-4-8-15(17(18)19-21)16(12)20-10-9-13-6-2-3-7-14(13)11-20/h4-5,8,13-14,21H,2-3,6-7,9-11H2,1H3,(H2,18,19). The lowest BCUT2D eigenvalue weighted by molar-refractivity contribution is 0.202. The molecular weight excluding hydrogens is 262 g/mol. The lowest BCUT2D eigenvalue weighted by Crippen LogP contribution is -2.42. The van der Waals surface area contributed by atoms with Crippen LogP contribution >= 0.6 is 0 Å². The third kappa shape index (κ3) is 2.71. The van der Waals surface area contributed by atoms with Gasteiger partial charge in [-0.3, -0.25) is 0 Å². The number of aryl methyl sites for hydroxylation is 1. The molecule has 1 aromatic carbocycles. The van der Waals surface area contributed by atoms with Crippen molar-refractivity contribution in [2.24, 2.45) is 22.7 Å². The number of hydrogen-bond acceptors (Lipinski definition) is 3. The van der Waals surface area contributed by atoms with Crippen LogP contribution in [0.2, 0.25) is 0 Å². The summed E-state index contributed by atoms with van der Waals surface area (Å²) in [5.41, 5.74) is 9.08. The van der Waals surface area contributed by atoms with Crippen molar-refractivity contribution in [3.63, 3.8) is 0 Å². The summed E-state index contributed by atoms with van der Waals surface area (Å²) in [6.07, 6.45) is 6.80. The lowest BCUT2D eigenvalue weighted by atomic mass is 9.75. The monoisotopic (exact) mass is 287 g/mol. The zero-order valence-corrected chi connectivity index (χ0v) is 12.8. The van der Waals surface area contributed by atoms with Crippen LogP contribution in [0.5, 0.6) is 0 Å². The molecule has 3 N–H and O–H groups in total. The first-order chi connectivity index (χ1) is 10.2. The van der Waals surface area contributed by atoms with Gasteiger partial charge in [-0.15, -0.1) is 0 Å². The molecule has 1 saturated heterocycles. The van der Waals surface area contributed by atoms with E-state index in [1.165, 1.54) is 37.7 Å². The van der Waals surface area contributed by atoms with Gasteiger partial charge in [-0.25, -0.2) is 0 Å². The molecule has 0 aromatic heterocycles. The van der Waals surface area contributed by atoms with Crippen LogP contribution in [0.15, 0.2) is 23.4 Å². The molecule has 3 rings (SSSR count). The quantitative estimate of drug-likeness (QED) is 0.380. The van der Waals surface area contributed by atoms with Gasteiger partial charge in [0, 0.05) is 18.7 Å². The Hall–Kier alpha value is -1.71. The summed E-state index contributed by atoms with van der Waals surface area (Å²) in [5, 5.41) is 12.2. The number of benzene rings is 1. The zero-order valence-electron chi connectivity index (χ0n) is 12.8. The van der Waals surface area contributed by atoms with Crippen molar-refractivity contribution in [1.29, 1.82) is 0 Å². The molecule has 0 spiro atoms. The molecule has 1 aliphatic carbocycles. The van der Waals surface area contributed by atoms with Gasteiger partial charge in [0.05, 0.1) is 5.69 Å². The minimum Gasteiger partial charge on any atom is -0.409 e. The predicted molar refractivity (Wildman–Crippen MR) is 86.0 cm³/mol. The first-order valence-corrected chi connectivity index (χ1v) is 8.03. The molecule has 4 heteroatoms. The van der Waals surface area contributed by atoms with Crippen molar-refractivity contribution in [3.8, 4) is 0 Å². The first kappa shape index (κ1) is 14.2. The maximum Gasteiger partial charge on any atom is 0.172 e. The first-order valence-electron chi connectivity index (χ1n) is 8.03. The fourth-order valence-electron chi connectivity index (χ4n) is 4.14. The number of fused-ring (bicyclic) bond motifs is 1. The van der Waals surface area contributed by atoms with Gasteiger partial charge >= 0.3 is 0 Å². The van der Waals surface area contributed by atoms with Gasteiger partial charge < -0.3 is 15.8 Å². The molecule has 2 fully saturated rings. The summed E-state index contributed by atoms with van der Waals surface area (Å²) >= 11 is 0. The van der Waals surface area contributed by atoms with Crippen LogP contribution in [0.25, 0.3) is 0 Å². The Labute approximate surface area is 126 Å². The maximum atomic E-state index is 9.03. The van der Waals surface area contributed by atoms with Crippen molar-refractivity contribution in [2.75, 3.05) is 18.0 Å². The van der Waals surface area contributed by atoms with E-state index in [1.807, 2.05) is 12.1 Å². The maximum absolute atomic E-state index is 9.03. The van der Waals surface area contributed by atoms with Gasteiger partial charge in [-0.2, -0.15) is 0 Å². The van der Waals surface area contributed by atoms with Crippen molar-refractivity contribution in [3.05, 3.63) is 29.3 Å². The Morgan fingerprint density at radius 1 is 1.24 bits per heavy atom. The van der Waals surface area contributed by atoms with Crippen molar-refractivity contribution in [1.82, 2.24) is 0 Å². The van der Waals surface area contributed by atoms with E-state index >= 15 is 0 Å². The van der Waals surface area contributed by atoms with Crippen LogP contribution in [0.3, 0.4) is 0 Å². The third-order valence-electron chi connectivity index (χ3n) is 5.23. The van der Waals surface area contributed by atoms with Crippen LogP contribution in [0.4, 0.5) is 5.69 Å². The molecule has 0 radical (unpaired) electrons. The third-order valence-corrected chi connectivity index (χ3v) is 5.23. The van der Waals surface area contributed by atoms with Crippen LogP contribution in [0, 0.1) is 18.8 Å². The highest BCUT2D eigenvalue weighted by atomic mass is 16.4. The predicted octanol–water partition coefficient (Wildman–Crippen LogP) is 3.11. The summed E-state index contributed by atoms with van der Waals surface area (Å²) in [6.45, 7) is 4.30. The smallest absolute Gasteiger partial charge is 0.172 e. The number of rotatable bonds is 2. The summed E-state index contributed by atoms with van der Waals surface area (Å²) in [6, 6.07) is 6.03. The molecule has 4 nitrogen and oxygen atoms in total. The van der Waals surface area contributed by atoms with Crippen LogP contribution in [-0.2, 0) is 0 Å². The number of piperidine rings is 1. The average molecular weight is 287 g/mol. The molecular formula is C17H25N3O. The van der Waals surface area contributed by atoms with Crippen molar-refractivity contribution >= 4 is 11.5 Å². The van der Waals surface area contributed by atoms with E-state index in [0.29, 0.717) is 0 Å². The number of nitrogens with zero attached hydrogens (tertiary/aromatic N) is 2. The second kappa shape index (κ2) is 5.96. The van der Waals surface area contributed by atoms with Gasteiger partial charge in [0.25, 0.3) is 0 Å². The molecule has 2 aliphatic rings. The Bertz CT molecular complexity index is 541. The van der Waals surface area contributed by atoms with Gasteiger partial charge in [0.2, 0.25) is 0 Å². The number of hydrogen-bond donors (Lipinski definition) is 2. The Balaban J connectivity index is 1.90. The molecule has 1 aliphatic heterocycles. The fraction of sp³-hybridized carbons (Fsp3) is 0.588. The number of amidine groups is 1. The topological polar surface area (TPSA) is 61.9 Å². The molecule has 21 heavy (non-hydrogen) atoms. The summed E-state index contributed by atoms with van der Waals surface area (Å²) in [4.78, 5) is 2.45. The number of oxime groups is 1. The SMILES string of the molecule is Cc1cccc(/C(N)=N/O)c1N1CCC2CCCCC2C1. The summed E-state index contributed by atoms with van der Waals surface area (Å²) < 4.78 is 0. The highest BCUT2D eigenvalue weighted by molar-refractivity contribution is 6.02. The highest BCUT2D eigenvalue weighted by Crippen LogP contribution is 2.39. The fourth-order valence-corrected chi connectivity index (χ4v) is 4.14. The Morgan fingerprint density at radius 2 is 2.00 bits per heavy atom. The second-order valence-electron chi connectivity index (χ2n) is 6.50. The average Bonchev–Trinajstić information content (AvgIpc) is 2.53. The molecule has 114 valence electrons. The van der Waals surface area contributed by atoms with Crippen LogP contribution < -0.4 is 10.6 Å². The normalized spacial score (nSPS) is 26.5.